The van der Waals surface area contributed by atoms with Crippen LogP contribution < -0.4 is 5.69 Å². The maximum atomic E-state index is 12.4. The van der Waals surface area contributed by atoms with Crippen LogP contribution in [-0.4, -0.2) is 32.3 Å². The molecule has 0 aliphatic heterocycles. The number of rotatable bonds is 2. The summed E-state index contributed by atoms with van der Waals surface area (Å²) in [5.41, 5.74) is 1.28. The van der Waals surface area contributed by atoms with Crippen LogP contribution in [0.25, 0.3) is 11.2 Å². The third-order valence-electron chi connectivity index (χ3n) is 4.15. The number of methoxy groups -OCH3 is 1. The first-order chi connectivity index (χ1) is 9.61. The van der Waals surface area contributed by atoms with Gasteiger partial charge in [0.25, 0.3) is 0 Å². The maximum Gasteiger partial charge on any atom is 0.330 e. The van der Waals surface area contributed by atoms with Crippen molar-refractivity contribution in [2.45, 2.75) is 37.8 Å². The first kappa shape index (κ1) is 13.6. The van der Waals surface area contributed by atoms with Crippen molar-refractivity contribution in [1.82, 2.24) is 19.1 Å². The second-order valence-corrected chi connectivity index (χ2v) is 5.56. The molecule has 3 rings (SSSR count). The van der Waals surface area contributed by atoms with E-state index in [2.05, 4.69) is 9.97 Å². The second-order valence-electron chi connectivity index (χ2n) is 5.23. The Labute approximate surface area is 121 Å². The molecule has 1 aliphatic rings. The lowest BCUT2D eigenvalue weighted by Crippen LogP contribution is -2.30. The number of ether oxygens (including phenoxy) is 1. The summed E-state index contributed by atoms with van der Waals surface area (Å²) in [5.74, 6) is 0. The van der Waals surface area contributed by atoms with Crippen LogP contribution in [0.5, 0.6) is 0 Å². The van der Waals surface area contributed by atoms with Crippen molar-refractivity contribution in [3.8, 4) is 0 Å². The largest absolute Gasteiger partial charge is 0.381 e. The molecular weight excluding hydrogens is 280 g/mol. The van der Waals surface area contributed by atoms with Crippen LogP contribution in [0.15, 0.2) is 11.0 Å². The van der Waals surface area contributed by atoms with Gasteiger partial charge in [-0.1, -0.05) is 0 Å². The number of imidazole rings is 1. The van der Waals surface area contributed by atoms with Crippen LogP contribution in [0.4, 0.5) is 0 Å². The minimum Gasteiger partial charge on any atom is -0.381 e. The highest BCUT2D eigenvalue weighted by Crippen LogP contribution is 2.30. The fourth-order valence-electron chi connectivity index (χ4n) is 2.98. The molecule has 1 aliphatic carbocycles. The molecule has 7 heteroatoms. The third-order valence-corrected chi connectivity index (χ3v) is 4.33. The minimum absolute atomic E-state index is 0.0579. The van der Waals surface area contributed by atoms with Crippen LogP contribution >= 0.6 is 11.6 Å². The zero-order chi connectivity index (χ0) is 14.3. The summed E-state index contributed by atoms with van der Waals surface area (Å²) >= 11 is 5.87. The van der Waals surface area contributed by atoms with Crippen molar-refractivity contribution in [2.75, 3.05) is 7.11 Å². The number of aromatic nitrogens is 4. The van der Waals surface area contributed by atoms with Crippen molar-refractivity contribution in [3.05, 3.63) is 22.0 Å². The van der Waals surface area contributed by atoms with Gasteiger partial charge in [-0.05, 0) is 37.3 Å². The van der Waals surface area contributed by atoms with Gasteiger partial charge in [-0.25, -0.2) is 9.78 Å². The first-order valence-electron chi connectivity index (χ1n) is 6.74. The standard InChI is InChI=1S/C13H17ClN4O2/c1-17-10-7-15-12(14)16-11(10)18(13(17)19)8-3-5-9(20-2)6-4-8/h7-9H,3-6H2,1-2H3/t8-,9-. The predicted molar refractivity (Wildman–Crippen MR) is 76.1 cm³/mol. The lowest BCUT2D eigenvalue weighted by Gasteiger charge is -2.28. The smallest absolute Gasteiger partial charge is 0.330 e. The van der Waals surface area contributed by atoms with E-state index in [1.165, 1.54) is 0 Å². The summed E-state index contributed by atoms with van der Waals surface area (Å²) in [4.78, 5) is 20.6. The van der Waals surface area contributed by atoms with Gasteiger partial charge in [0.05, 0.1) is 12.3 Å². The molecule has 0 radical (unpaired) electrons. The lowest BCUT2D eigenvalue weighted by atomic mass is 9.93. The van der Waals surface area contributed by atoms with E-state index in [9.17, 15) is 4.79 Å². The van der Waals surface area contributed by atoms with Crippen molar-refractivity contribution in [1.29, 1.82) is 0 Å². The van der Waals surface area contributed by atoms with Crippen LogP contribution in [0.3, 0.4) is 0 Å². The Morgan fingerprint density at radius 1 is 1.35 bits per heavy atom. The van der Waals surface area contributed by atoms with E-state index >= 15 is 0 Å². The summed E-state index contributed by atoms with van der Waals surface area (Å²) in [6.07, 6.45) is 5.66. The highest BCUT2D eigenvalue weighted by atomic mass is 35.5. The lowest BCUT2D eigenvalue weighted by molar-refractivity contribution is 0.0584. The Morgan fingerprint density at radius 3 is 2.70 bits per heavy atom. The molecule has 20 heavy (non-hydrogen) atoms. The average Bonchev–Trinajstić information content (AvgIpc) is 2.71. The fraction of sp³-hybridized carbons (Fsp3) is 0.615. The highest BCUT2D eigenvalue weighted by Gasteiger charge is 2.26. The van der Waals surface area contributed by atoms with E-state index in [-0.39, 0.29) is 17.0 Å². The summed E-state index contributed by atoms with van der Waals surface area (Å²) < 4.78 is 8.71. The molecule has 0 aromatic carbocycles. The Balaban J connectivity index is 2.05. The summed E-state index contributed by atoms with van der Waals surface area (Å²) in [5, 5.41) is 0.169. The Morgan fingerprint density at radius 2 is 2.05 bits per heavy atom. The number of fused-ring (bicyclic) bond motifs is 1. The average molecular weight is 297 g/mol. The number of hydrogen-bond donors (Lipinski definition) is 0. The van der Waals surface area contributed by atoms with Gasteiger partial charge in [0.2, 0.25) is 5.28 Å². The van der Waals surface area contributed by atoms with Crippen molar-refractivity contribution in [2.24, 2.45) is 7.05 Å². The van der Waals surface area contributed by atoms with Crippen LogP contribution in [0.2, 0.25) is 5.28 Å². The molecule has 0 atom stereocenters. The number of aryl methyl sites for hydroxylation is 1. The normalized spacial score (nSPS) is 23.4. The molecule has 6 nitrogen and oxygen atoms in total. The molecule has 1 saturated carbocycles. The molecule has 0 saturated heterocycles. The van der Waals surface area contributed by atoms with Crippen molar-refractivity contribution >= 4 is 22.8 Å². The monoisotopic (exact) mass is 296 g/mol. The number of halogens is 1. The second kappa shape index (κ2) is 5.18. The Kier molecular flexibility index (Phi) is 3.52. The van der Waals surface area contributed by atoms with Gasteiger partial charge in [-0.2, -0.15) is 4.98 Å². The van der Waals surface area contributed by atoms with Crippen LogP contribution in [0, 0.1) is 0 Å². The van der Waals surface area contributed by atoms with E-state index in [1.807, 2.05) is 0 Å². The SMILES string of the molecule is CO[C@H]1CC[C@H](n2c(=O)n(C)c3cnc(Cl)nc32)CC1. The molecule has 108 valence electrons. The van der Waals surface area contributed by atoms with Crippen LogP contribution in [-0.2, 0) is 11.8 Å². The van der Waals surface area contributed by atoms with E-state index in [0.717, 1.165) is 25.7 Å². The molecule has 0 unspecified atom stereocenters. The van der Waals surface area contributed by atoms with Gasteiger partial charge in [0, 0.05) is 20.2 Å². The van der Waals surface area contributed by atoms with Crippen LogP contribution in [0.1, 0.15) is 31.7 Å². The van der Waals surface area contributed by atoms with E-state index in [0.29, 0.717) is 17.3 Å². The highest BCUT2D eigenvalue weighted by molar-refractivity contribution is 6.28. The van der Waals surface area contributed by atoms with Gasteiger partial charge >= 0.3 is 5.69 Å². The van der Waals surface area contributed by atoms with E-state index in [4.69, 9.17) is 16.3 Å². The molecule has 0 spiro atoms. The minimum atomic E-state index is -0.0579. The Bertz CT molecular complexity index is 685. The predicted octanol–water partition coefficient (Wildman–Crippen LogP) is 1.91. The summed E-state index contributed by atoms with van der Waals surface area (Å²) in [6.45, 7) is 0. The number of hydrogen-bond acceptors (Lipinski definition) is 4. The van der Waals surface area contributed by atoms with E-state index < -0.39 is 0 Å². The molecule has 2 heterocycles. The van der Waals surface area contributed by atoms with Gasteiger partial charge < -0.3 is 4.74 Å². The first-order valence-corrected chi connectivity index (χ1v) is 7.12. The van der Waals surface area contributed by atoms with Gasteiger partial charge in [-0.3, -0.25) is 9.13 Å². The molecular formula is C13H17ClN4O2. The quantitative estimate of drug-likeness (QED) is 0.794. The van der Waals surface area contributed by atoms with Gasteiger partial charge in [-0.15, -0.1) is 0 Å². The topological polar surface area (TPSA) is 61.9 Å². The molecule has 1 fully saturated rings. The zero-order valence-corrected chi connectivity index (χ0v) is 12.3. The van der Waals surface area contributed by atoms with Gasteiger partial charge in [0.15, 0.2) is 5.65 Å². The molecule has 0 bridgehead atoms. The van der Waals surface area contributed by atoms with Gasteiger partial charge in [0.1, 0.15) is 5.52 Å². The molecule has 0 amide bonds. The van der Waals surface area contributed by atoms with E-state index in [1.54, 1.807) is 29.5 Å². The Hall–Kier alpha value is -1.40. The maximum absolute atomic E-state index is 12.4. The number of nitrogens with zero attached hydrogens (tertiary/aromatic N) is 4. The molecule has 2 aromatic heterocycles. The fourth-order valence-corrected chi connectivity index (χ4v) is 3.11. The van der Waals surface area contributed by atoms with Crippen molar-refractivity contribution in [3.63, 3.8) is 0 Å². The zero-order valence-electron chi connectivity index (χ0n) is 11.5. The molecule has 0 N–H and O–H groups in total. The summed E-state index contributed by atoms with van der Waals surface area (Å²) in [7, 11) is 3.47. The molecule has 2 aromatic rings. The van der Waals surface area contributed by atoms with Crippen molar-refractivity contribution < 1.29 is 4.74 Å². The summed E-state index contributed by atoms with van der Waals surface area (Å²) in [6, 6.07) is 0.156. The third kappa shape index (κ3) is 2.13.